The van der Waals surface area contributed by atoms with E-state index in [1.54, 1.807) is 0 Å². The van der Waals surface area contributed by atoms with Crippen LogP contribution >= 0.6 is 0 Å². The molecule has 10 heavy (non-hydrogen) atoms. The second-order valence-electron chi connectivity index (χ2n) is 3.40. The highest BCUT2D eigenvalue weighted by Gasteiger charge is 2.44. The molecule has 0 aliphatic heterocycles. The number of terminal acetylenes is 1. The van der Waals surface area contributed by atoms with Gasteiger partial charge in [-0.2, -0.15) is 0 Å². The van der Waals surface area contributed by atoms with E-state index in [0.717, 1.165) is 12.8 Å². The molecule has 0 saturated heterocycles. The first kappa shape index (κ1) is 7.63. The highest BCUT2D eigenvalue weighted by molar-refractivity contribution is 5.15. The number of hydrogen-bond acceptors (Lipinski definition) is 1. The Balaban J connectivity index is 2.68. The first-order chi connectivity index (χ1) is 4.61. The summed E-state index contributed by atoms with van der Waals surface area (Å²) in [5.74, 6) is 3.05. The summed E-state index contributed by atoms with van der Waals surface area (Å²) in [6.07, 6.45) is 7.44. The van der Waals surface area contributed by atoms with Gasteiger partial charge in [-0.25, -0.2) is 0 Å². The summed E-state index contributed by atoms with van der Waals surface area (Å²) in [7, 11) is 0. The molecule has 1 N–H and O–H groups in total. The Morgan fingerprint density at radius 2 is 2.10 bits per heavy atom. The van der Waals surface area contributed by atoms with E-state index in [2.05, 4.69) is 5.92 Å². The zero-order valence-corrected chi connectivity index (χ0v) is 6.59. The van der Waals surface area contributed by atoms with Crippen molar-refractivity contribution in [2.75, 3.05) is 0 Å². The molecule has 0 amide bonds. The molecule has 0 aromatic heterocycles. The van der Waals surface area contributed by atoms with Crippen molar-refractivity contribution in [2.45, 2.75) is 32.3 Å². The molecule has 1 rings (SSSR count). The van der Waals surface area contributed by atoms with Crippen LogP contribution in [0.3, 0.4) is 0 Å². The van der Waals surface area contributed by atoms with Crippen molar-refractivity contribution in [1.29, 1.82) is 0 Å². The molecule has 1 aliphatic rings. The molecule has 56 valence electrons. The molecule has 1 aliphatic carbocycles. The molecule has 0 spiro atoms. The summed E-state index contributed by atoms with van der Waals surface area (Å²) in [6.45, 7) is 3.94. The fraction of sp³-hybridized carbons (Fsp3) is 0.778. The monoisotopic (exact) mass is 138 g/mol. The smallest absolute Gasteiger partial charge is 0.130 e. The topological polar surface area (TPSA) is 20.2 Å². The number of aliphatic hydroxyl groups is 1. The Bertz CT molecular complexity index is 158. The normalized spacial score (nSPS) is 23.9. The Hall–Kier alpha value is -0.480. The highest BCUT2D eigenvalue weighted by Crippen LogP contribution is 2.43. The van der Waals surface area contributed by atoms with Crippen LogP contribution in [0, 0.1) is 24.2 Å². The van der Waals surface area contributed by atoms with Crippen molar-refractivity contribution in [3.05, 3.63) is 0 Å². The second-order valence-corrected chi connectivity index (χ2v) is 3.40. The minimum Gasteiger partial charge on any atom is -0.377 e. The Morgan fingerprint density at radius 1 is 1.60 bits per heavy atom. The van der Waals surface area contributed by atoms with Crippen molar-refractivity contribution < 1.29 is 5.11 Å². The highest BCUT2D eigenvalue weighted by atomic mass is 16.3. The molecule has 0 bridgehead atoms. The van der Waals surface area contributed by atoms with E-state index in [1.165, 1.54) is 0 Å². The first-order valence-corrected chi connectivity index (χ1v) is 3.81. The Morgan fingerprint density at radius 3 is 2.20 bits per heavy atom. The lowest BCUT2D eigenvalue weighted by Gasteiger charge is -2.25. The van der Waals surface area contributed by atoms with Gasteiger partial charge in [0.25, 0.3) is 0 Å². The number of rotatable bonds is 2. The van der Waals surface area contributed by atoms with Crippen LogP contribution in [0.1, 0.15) is 26.7 Å². The molecule has 0 aromatic carbocycles. The lowest BCUT2D eigenvalue weighted by molar-refractivity contribution is 0.0314. The van der Waals surface area contributed by atoms with Crippen LogP contribution in [0.25, 0.3) is 0 Å². The maximum atomic E-state index is 9.80. The van der Waals surface area contributed by atoms with E-state index in [4.69, 9.17) is 6.42 Å². The molecule has 1 saturated carbocycles. The molecule has 1 nitrogen and oxygen atoms in total. The second kappa shape index (κ2) is 2.29. The van der Waals surface area contributed by atoms with Gasteiger partial charge in [-0.3, -0.25) is 0 Å². The van der Waals surface area contributed by atoms with Gasteiger partial charge in [0.1, 0.15) is 5.60 Å². The Kier molecular flexibility index (Phi) is 1.74. The first-order valence-electron chi connectivity index (χ1n) is 3.81. The van der Waals surface area contributed by atoms with E-state index in [-0.39, 0.29) is 5.92 Å². The van der Waals surface area contributed by atoms with Crippen LogP contribution < -0.4 is 0 Å². The van der Waals surface area contributed by atoms with Gasteiger partial charge in [0.05, 0.1) is 0 Å². The molecule has 1 heteroatoms. The minimum atomic E-state index is -0.819. The minimum absolute atomic E-state index is 0.185. The van der Waals surface area contributed by atoms with Gasteiger partial charge < -0.3 is 5.11 Å². The third kappa shape index (κ3) is 1.04. The molecule has 1 atom stereocenters. The van der Waals surface area contributed by atoms with Crippen molar-refractivity contribution in [2.24, 2.45) is 11.8 Å². The average Bonchev–Trinajstić information content (AvgIpc) is 2.67. The van der Waals surface area contributed by atoms with Gasteiger partial charge in [-0.05, 0) is 24.7 Å². The van der Waals surface area contributed by atoms with Crippen LogP contribution in [0.2, 0.25) is 0 Å². The summed E-state index contributed by atoms with van der Waals surface area (Å²) in [5, 5.41) is 9.80. The largest absolute Gasteiger partial charge is 0.377 e. The molecular weight excluding hydrogens is 124 g/mol. The molecule has 0 aromatic rings. The Labute approximate surface area is 62.4 Å². The average molecular weight is 138 g/mol. The van der Waals surface area contributed by atoms with E-state index in [0.29, 0.717) is 5.92 Å². The summed E-state index contributed by atoms with van der Waals surface area (Å²) in [4.78, 5) is 0. The molecule has 1 unspecified atom stereocenters. The van der Waals surface area contributed by atoms with E-state index >= 15 is 0 Å². The summed E-state index contributed by atoms with van der Waals surface area (Å²) < 4.78 is 0. The lowest BCUT2D eigenvalue weighted by Crippen LogP contribution is -2.35. The number of hydrogen-bond donors (Lipinski definition) is 1. The van der Waals surface area contributed by atoms with Crippen molar-refractivity contribution in [3.63, 3.8) is 0 Å². The van der Waals surface area contributed by atoms with Gasteiger partial charge in [0.2, 0.25) is 0 Å². The SMILES string of the molecule is C#CC(O)(C(C)C)C1CC1. The zero-order valence-electron chi connectivity index (χ0n) is 6.59. The van der Waals surface area contributed by atoms with Gasteiger partial charge >= 0.3 is 0 Å². The maximum absolute atomic E-state index is 9.80. The van der Waals surface area contributed by atoms with E-state index < -0.39 is 5.60 Å². The van der Waals surface area contributed by atoms with Crippen LogP contribution in [0.4, 0.5) is 0 Å². The summed E-state index contributed by atoms with van der Waals surface area (Å²) in [6, 6.07) is 0. The third-order valence-electron chi connectivity index (χ3n) is 2.31. The van der Waals surface area contributed by atoms with Gasteiger partial charge in [0.15, 0.2) is 0 Å². The lowest BCUT2D eigenvalue weighted by atomic mass is 9.86. The van der Waals surface area contributed by atoms with Crippen molar-refractivity contribution in [3.8, 4) is 12.3 Å². The van der Waals surface area contributed by atoms with Gasteiger partial charge in [-0.1, -0.05) is 19.8 Å². The summed E-state index contributed by atoms with van der Waals surface area (Å²) in [5.41, 5.74) is -0.819. The van der Waals surface area contributed by atoms with Crippen molar-refractivity contribution in [1.82, 2.24) is 0 Å². The van der Waals surface area contributed by atoms with Crippen LogP contribution in [-0.2, 0) is 0 Å². The zero-order chi connectivity index (χ0) is 7.78. The maximum Gasteiger partial charge on any atom is 0.130 e. The molecule has 0 heterocycles. The standard InChI is InChI=1S/C9H14O/c1-4-9(10,7(2)3)8-5-6-8/h1,7-8,10H,5-6H2,2-3H3. The van der Waals surface area contributed by atoms with Crippen LogP contribution in [0.5, 0.6) is 0 Å². The van der Waals surface area contributed by atoms with Gasteiger partial charge in [-0.15, -0.1) is 6.42 Å². The third-order valence-corrected chi connectivity index (χ3v) is 2.31. The molecule has 0 radical (unpaired) electrons. The fourth-order valence-electron chi connectivity index (χ4n) is 1.28. The fourth-order valence-corrected chi connectivity index (χ4v) is 1.28. The van der Waals surface area contributed by atoms with E-state index in [9.17, 15) is 5.11 Å². The van der Waals surface area contributed by atoms with Crippen LogP contribution in [0.15, 0.2) is 0 Å². The molecule has 1 fully saturated rings. The molecular formula is C9H14O. The predicted octanol–water partition coefficient (Wildman–Crippen LogP) is 1.42. The van der Waals surface area contributed by atoms with E-state index in [1.807, 2.05) is 13.8 Å². The van der Waals surface area contributed by atoms with Crippen LogP contribution in [-0.4, -0.2) is 10.7 Å². The van der Waals surface area contributed by atoms with Crippen molar-refractivity contribution >= 4 is 0 Å². The predicted molar refractivity (Wildman–Crippen MR) is 41.3 cm³/mol. The van der Waals surface area contributed by atoms with Gasteiger partial charge in [0, 0.05) is 0 Å². The summed E-state index contributed by atoms with van der Waals surface area (Å²) >= 11 is 0. The quantitative estimate of drug-likeness (QED) is 0.572.